The van der Waals surface area contributed by atoms with Gasteiger partial charge in [0.15, 0.2) is 0 Å². The van der Waals surface area contributed by atoms with Crippen LogP contribution >= 0.6 is 7.75 Å². The van der Waals surface area contributed by atoms with Crippen molar-refractivity contribution in [3.63, 3.8) is 0 Å². The van der Waals surface area contributed by atoms with Crippen LogP contribution in [0.4, 0.5) is 0 Å². The Labute approximate surface area is 182 Å². The zero-order chi connectivity index (χ0) is 24.5. The number of rotatable bonds is 8. The van der Waals surface area contributed by atoms with Crippen molar-refractivity contribution in [2.45, 2.75) is 31.8 Å². The second-order valence-corrected chi connectivity index (χ2v) is 7.91. The molecule has 1 aliphatic rings. The van der Waals surface area contributed by atoms with Gasteiger partial charge in [-0.2, -0.15) is 0 Å². The van der Waals surface area contributed by atoms with E-state index in [2.05, 4.69) is 24.3 Å². The lowest BCUT2D eigenvalue weighted by atomic mass is 10.2. The molecule has 1 aliphatic heterocycles. The number of hydrogen-bond donors (Lipinski definition) is 5. The highest BCUT2D eigenvalue weighted by molar-refractivity contribution is 7.50. The van der Waals surface area contributed by atoms with Crippen LogP contribution in [-0.4, -0.2) is 77.6 Å². The van der Waals surface area contributed by atoms with Gasteiger partial charge in [-0.05, 0) is 6.92 Å². The minimum Gasteiger partial charge on any atom is -0.468 e. The summed E-state index contributed by atoms with van der Waals surface area (Å²) in [6.07, 6.45) is -1.33. The van der Waals surface area contributed by atoms with Gasteiger partial charge in [-0.25, -0.2) is 14.9 Å². The van der Waals surface area contributed by atoms with Crippen LogP contribution in [0.1, 0.15) is 18.2 Å². The van der Waals surface area contributed by atoms with Crippen molar-refractivity contribution in [2.24, 2.45) is 5.50 Å². The maximum absolute atomic E-state index is 11.7. The maximum Gasteiger partial charge on any atom is 0.400 e. The summed E-state index contributed by atoms with van der Waals surface area (Å²) in [4.78, 5) is 54.9. The Morgan fingerprint density at radius 2 is 1.88 bits per heavy atom. The smallest absolute Gasteiger partial charge is 0.400 e. The molecule has 0 aromatic carbocycles. The summed E-state index contributed by atoms with van der Waals surface area (Å²) >= 11 is 0. The van der Waals surface area contributed by atoms with Gasteiger partial charge < -0.3 is 24.2 Å². The number of aromatic amines is 1. The minimum atomic E-state index is -4.17. The molecule has 1 aromatic heterocycles. The molecular formula is C16H27N4O11P. The Hall–Kier alpha value is -2.39. The third-order valence-corrected chi connectivity index (χ3v) is 4.60. The number of nitrogens with one attached hydrogen (secondary N) is 2. The molecule has 1 aromatic rings. The van der Waals surface area contributed by atoms with E-state index in [1.807, 2.05) is 0 Å². The van der Waals surface area contributed by atoms with Gasteiger partial charge in [0.2, 0.25) is 0 Å². The molecule has 1 fully saturated rings. The Kier molecular flexibility index (Phi) is 10.9. The van der Waals surface area contributed by atoms with Gasteiger partial charge in [-0.3, -0.25) is 33.8 Å². The molecule has 0 saturated carbocycles. The first-order valence-corrected chi connectivity index (χ1v) is 10.8. The predicted molar refractivity (Wildman–Crippen MR) is 107 cm³/mol. The van der Waals surface area contributed by atoms with E-state index in [4.69, 9.17) is 15.1 Å². The largest absolute Gasteiger partial charge is 0.468 e. The number of aliphatic hydroxyl groups is 1. The molecule has 2 rings (SSSR count). The van der Waals surface area contributed by atoms with Crippen LogP contribution in [0.15, 0.2) is 15.8 Å². The lowest BCUT2D eigenvalue weighted by Crippen LogP contribution is -2.33. The third kappa shape index (κ3) is 9.40. The zero-order valence-electron chi connectivity index (χ0n) is 17.7. The van der Waals surface area contributed by atoms with Crippen LogP contribution < -0.4 is 22.1 Å². The fraction of sp³-hybridized carbons (Fsp3) is 0.625. The van der Waals surface area contributed by atoms with Crippen molar-refractivity contribution in [1.82, 2.24) is 14.9 Å². The van der Waals surface area contributed by atoms with E-state index in [1.54, 1.807) is 0 Å². The van der Waals surface area contributed by atoms with Crippen LogP contribution in [0, 0.1) is 6.92 Å². The molecule has 32 heavy (non-hydrogen) atoms. The minimum absolute atomic E-state index is 0.0194. The van der Waals surface area contributed by atoms with E-state index >= 15 is 0 Å². The fourth-order valence-corrected chi connectivity index (χ4v) is 2.79. The number of aliphatic hydroxyl groups excluding tert-OH is 1. The summed E-state index contributed by atoms with van der Waals surface area (Å²) in [5.74, 6) is -0.817. The molecule has 1 saturated heterocycles. The Morgan fingerprint density at radius 1 is 1.31 bits per heavy atom. The zero-order valence-corrected chi connectivity index (χ0v) is 18.6. The van der Waals surface area contributed by atoms with Gasteiger partial charge in [0.05, 0.1) is 40.0 Å². The molecule has 0 aliphatic carbocycles. The highest BCUT2D eigenvalue weighted by Gasteiger charge is 2.36. The molecule has 6 N–H and O–H groups in total. The Bertz CT molecular complexity index is 925. The quantitative estimate of drug-likeness (QED) is 0.191. The molecule has 1 unspecified atom stereocenters. The van der Waals surface area contributed by atoms with Crippen LogP contribution in [0.3, 0.4) is 0 Å². The number of ether oxygens (including phenoxy) is 3. The summed E-state index contributed by atoms with van der Waals surface area (Å²) in [7, 11) is -1.61. The molecule has 0 bridgehead atoms. The number of H-pyrrole nitrogens is 1. The molecule has 0 spiro atoms. The number of esters is 2. The molecule has 2 heterocycles. The highest BCUT2D eigenvalue weighted by atomic mass is 31.2. The number of nitrogens with zero attached hydrogens (tertiary/aromatic N) is 1. The molecular weight excluding hydrogens is 455 g/mol. The SMILES string of the molecule is COC(=O)CNCC(=O)OC.Cc1cn([C@H]2C[C@H](O)[C@@H](COP(N)(=O)O)O2)c(=O)[nH]c1=O. The van der Waals surface area contributed by atoms with Crippen LogP contribution in [0.2, 0.25) is 0 Å². The second-order valence-electron chi connectivity index (χ2n) is 6.53. The van der Waals surface area contributed by atoms with Crippen molar-refractivity contribution in [2.75, 3.05) is 33.9 Å². The van der Waals surface area contributed by atoms with Crippen molar-refractivity contribution in [1.29, 1.82) is 0 Å². The fourth-order valence-electron chi connectivity index (χ4n) is 2.43. The van der Waals surface area contributed by atoms with Gasteiger partial charge in [0.25, 0.3) is 5.56 Å². The monoisotopic (exact) mass is 482 g/mol. The summed E-state index contributed by atoms with van der Waals surface area (Å²) in [5.41, 5.74) is 3.97. The number of aromatic nitrogens is 2. The van der Waals surface area contributed by atoms with Gasteiger partial charge in [0.1, 0.15) is 12.3 Å². The van der Waals surface area contributed by atoms with Crippen LogP contribution in [-0.2, 0) is 32.9 Å². The normalized spacial score (nSPS) is 21.8. The Balaban J connectivity index is 0.000000396. The summed E-state index contributed by atoms with van der Waals surface area (Å²) in [6, 6.07) is 0. The van der Waals surface area contributed by atoms with E-state index < -0.39 is 49.4 Å². The first-order valence-electron chi connectivity index (χ1n) is 9.13. The third-order valence-electron chi connectivity index (χ3n) is 4.08. The highest BCUT2D eigenvalue weighted by Crippen LogP contribution is 2.34. The van der Waals surface area contributed by atoms with Crippen molar-refractivity contribution in [3.8, 4) is 0 Å². The molecule has 15 nitrogen and oxygen atoms in total. The summed E-state index contributed by atoms with van der Waals surface area (Å²) in [6.45, 7) is 1.17. The van der Waals surface area contributed by atoms with Gasteiger partial charge in [-0.15, -0.1) is 0 Å². The predicted octanol–water partition coefficient (Wildman–Crippen LogP) is -2.51. The van der Waals surface area contributed by atoms with E-state index in [0.29, 0.717) is 5.56 Å². The number of hydrogen-bond acceptors (Lipinski definition) is 11. The van der Waals surface area contributed by atoms with E-state index in [0.717, 1.165) is 4.57 Å². The lowest BCUT2D eigenvalue weighted by molar-refractivity contribution is -0.141. The number of carbonyl (C=O) groups is 2. The van der Waals surface area contributed by atoms with Gasteiger partial charge in [0, 0.05) is 18.2 Å². The van der Waals surface area contributed by atoms with Crippen molar-refractivity contribution < 1.29 is 42.9 Å². The first kappa shape index (κ1) is 27.6. The average molecular weight is 482 g/mol. The molecule has 0 radical (unpaired) electrons. The molecule has 182 valence electrons. The Morgan fingerprint density at radius 3 is 2.38 bits per heavy atom. The topological polar surface area (TPSA) is 221 Å². The lowest BCUT2D eigenvalue weighted by Gasteiger charge is -2.16. The summed E-state index contributed by atoms with van der Waals surface area (Å²) < 4.78 is 30.5. The maximum atomic E-state index is 11.7. The number of aryl methyl sites for hydroxylation is 1. The average Bonchev–Trinajstić information content (AvgIpc) is 3.09. The van der Waals surface area contributed by atoms with Gasteiger partial charge in [-0.1, -0.05) is 0 Å². The van der Waals surface area contributed by atoms with E-state index in [-0.39, 0.29) is 26.1 Å². The number of methoxy groups -OCH3 is 2. The van der Waals surface area contributed by atoms with Crippen LogP contribution in [0.25, 0.3) is 0 Å². The summed E-state index contributed by atoms with van der Waals surface area (Å²) in [5, 5.41) is 12.4. The van der Waals surface area contributed by atoms with E-state index in [9.17, 15) is 28.8 Å². The second kappa shape index (κ2) is 12.6. The van der Waals surface area contributed by atoms with Crippen LogP contribution in [0.5, 0.6) is 0 Å². The first-order chi connectivity index (χ1) is 14.9. The standard InChI is InChI=1S/C10H16N3O7P.C6H11NO4/c1-5-3-13(10(16)12-9(5)15)8-2-6(14)7(20-8)4-19-21(11,17)18;1-10-5(8)3-7-4-6(9)11-2/h3,6-8,14H,2,4H2,1H3,(H3,11,17,18)(H,12,15,16);7H,3-4H2,1-2H3/t6-,7+,8+;/m0./s1. The van der Waals surface area contributed by atoms with E-state index in [1.165, 1.54) is 27.3 Å². The molecule has 0 amide bonds. The number of nitrogens with two attached hydrogens (primary N) is 1. The van der Waals surface area contributed by atoms with Gasteiger partial charge >= 0.3 is 25.4 Å². The molecule has 16 heteroatoms. The number of carbonyl (C=O) groups excluding carboxylic acids is 2. The van der Waals surface area contributed by atoms with Crippen molar-refractivity contribution in [3.05, 3.63) is 32.6 Å². The van der Waals surface area contributed by atoms with Crippen molar-refractivity contribution >= 4 is 19.7 Å². The molecule has 4 atom stereocenters.